The van der Waals surface area contributed by atoms with Crippen molar-refractivity contribution in [2.75, 3.05) is 25.2 Å². The highest BCUT2D eigenvalue weighted by molar-refractivity contribution is 5.88. The van der Waals surface area contributed by atoms with Crippen LogP contribution in [0.3, 0.4) is 0 Å². The van der Waals surface area contributed by atoms with Crippen LogP contribution in [0.1, 0.15) is 22.3 Å². The number of anilines is 1. The first-order valence-electron chi connectivity index (χ1n) is 8.43. The van der Waals surface area contributed by atoms with Crippen LogP contribution in [0.4, 0.5) is 19.1 Å². The number of alkyl halides is 3. The molecule has 1 aromatic carbocycles. The molecule has 1 aromatic heterocycles. The van der Waals surface area contributed by atoms with Crippen LogP contribution in [-0.2, 0) is 10.9 Å². The SMILES string of the molecule is COC(=O)c1cnc(N2C[C@H](Oc3ccc(C(F)(F)F)cc3)C[C@H]2CO)nc1. The van der Waals surface area contributed by atoms with Crippen molar-refractivity contribution in [2.24, 2.45) is 0 Å². The van der Waals surface area contributed by atoms with Crippen LogP contribution in [0.2, 0.25) is 0 Å². The van der Waals surface area contributed by atoms with E-state index in [0.717, 1.165) is 12.1 Å². The predicted octanol–water partition coefficient (Wildman–Crippen LogP) is 2.30. The molecule has 0 saturated carbocycles. The van der Waals surface area contributed by atoms with Crippen LogP contribution < -0.4 is 9.64 Å². The minimum absolute atomic E-state index is 0.172. The monoisotopic (exact) mass is 397 g/mol. The summed E-state index contributed by atoms with van der Waals surface area (Å²) < 4.78 is 48.3. The molecule has 10 heteroatoms. The third-order valence-corrected chi connectivity index (χ3v) is 4.39. The van der Waals surface area contributed by atoms with Crippen LogP contribution in [-0.4, -0.2) is 53.5 Å². The van der Waals surface area contributed by atoms with E-state index < -0.39 is 17.7 Å². The molecular weight excluding hydrogens is 379 g/mol. The van der Waals surface area contributed by atoms with Gasteiger partial charge in [0.1, 0.15) is 11.9 Å². The van der Waals surface area contributed by atoms with E-state index >= 15 is 0 Å². The van der Waals surface area contributed by atoms with Gasteiger partial charge in [0.2, 0.25) is 5.95 Å². The third-order valence-electron chi connectivity index (χ3n) is 4.39. The summed E-state index contributed by atoms with van der Waals surface area (Å²) in [5.74, 6) is 0.0545. The molecule has 1 N–H and O–H groups in total. The molecule has 2 atom stereocenters. The first-order valence-corrected chi connectivity index (χ1v) is 8.43. The maximum absolute atomic E-state index is 12.6. The number of benzene rings is 1. The summed E-state index contributed by atoms with van der Waals surface area (Å²) in [5, 5.41) is 9.64. The number of methoxy groups -OCH3 is 1. The molecule has 7 nitrogen and oxygen atoms in total. The number of nitrogens with zero attached hydrogens (tertiary/aromatic N) is 3. The molecule has 1 aliphatic rings. The molecule has 28 heavy (non-hydrogen) atoms. The number of aliphatic hydroxyl groups excluding tert-OH is 1. The van der Waals surface area contributed by atoms with Gasteiger partial charge in [-0.05, 0) is 24.3 Å². The Bertz CT molecular complexity index is 812. The normalized spacial score (nSPS) is 19.5. The Hall–Kier alpha value is -2.88. The average Bonchev–Trinajstić information content (AvgIpc) is 3.10. The van der Waals surface area contributed by atoms with E-state index in [4.69, 9.17) is 4.74 Å². The van der Waals surface area contributed by atoms with Crippen molar-refractivity contribution < 1.29 is 32.5 Å². The maximum atomic E-state index is 12.6. The quantitative estimate of drug-likeness (QED) is 0.775. The lowest BCUT2D eigenvalue weighted by molar-refractivity contribution is -0.137. The standard InChI is InChI=1S/C18H18F3N3O4/c1-27-16(26)11-7-22-17(23-8-11)24-9-15(6-13(24)10-25)28-14-4-2-12(3-5-14)18(19,20)21/h2-5,7-8,13,15,25H,6,9-10H2,1H3/t13-,15+/m0/s1. The number of aromatic nitrogens is 2. The number of carbonyl (C=O) groups excluding carboxylic acids is 1. The Kier molecular flexibility index (Phi) is 5.68. The fourth-order valence-corrected chi connectivity index (χ4v) is 2.98. The Labute approximate surface area is 158 Å². The number of carbonyl (C=O) groups is 1. The molecule has 3 rings (SSSR count). The molecule has 2 heterocycles. The number of rotatable bonds is 5. The van der Waals surface area contributed by atoms with E-state index in [2.05, 4.69) is 14.7 Å². The van der Waals surface area contributed by atoms with Crippen LogP contribution >= 0.6 is 0 Å². The molecule has 0 bridgehead atoms. The van der Waals surface area contributed by atoms with E-state index in [9.17, 15) is 23.1 Å². The van der Waals surface area contributed by atoms with Crippen molar-refractivity contribution in [3.63, 3.8) is 0 Å². The van der Waals surface area contributed by atoms with Crippen LogP contribution in [0, 0.1) is 0 Å². The summed E-state index contributed by atoms with van der Waals surface area (Å²) in [6, 6.07) is 4.13. The molecule has 0 radical (unpaired) electrons. The smallest absolute Gasteiger partial charge is 0.416 e. The molecule has 0 aliphatic carbocycles. The van der Waals surface area contributed by atoms with Crippen LogP contribution in [0.15, 0.2) is 36.7 Å². The van der Waals surface area contributed by atoms with Gasteiger partial charge in [-0.15, -0.1) is 0 Å². The fraction of sp³-hybridized carbons (Fsp3) is 0.389. The Balaban J connectivity index is 1.68. The minimum Gasteiger partial charge on any atom is -0.489 e. The van der Waals surface area contributed by atoms with Crippen molar-refractivity contribution in [1.82, 2.24) is 9.97 Å². The highest BCUT2D eigenvalue weighted by Gasteiger charge is 2.35. The number of hydrogen-bond donors (Lipinski definition) is 1. The highest BCUT2D eigenvalue weighted by atomic mass is 19.4. The second-order valence-corrected chi connectivity index (χ2v) is 6.25. The summed E-state index contributed by atoms with van der Waals surface area (Å²) >= 11 is 0. The van der Waals surface area contributed by atoms with Gasteiger partial charge in [-0.2, -0.15) is 13.2 Å². The molecule has 0 amide bonds. The van der Waals surface area contributed by atoms with Crippen molar-refractivity contribution in [1.29, 1.82) is 0 Å². The molecule has 0 spiro atoms. The lowest BCUT2D eigenvalue weighted by atomic mass is 10.2. The van der Waals surface area contributed by atoms with Gasteiger partial charge in [-0.25, -0.2) is 14.8 Å². The number of hydrogen-bond acceptors (Lipinski definition) is 7. The van der Waals surface area contributed by atoms with Gasteiger partial charge >= 0.3 is 12.1 Å². The largest absolute Gasteiger partial charge is 0.489 e. The molecule has 0 unspecified atom stereocenters. The number of esters is 1. The number of ether oxygens (including phenoxy) is 2. The highest BCUT2D eigenvalue weighted by Crippen LogP contribution is 2.31. The van der Waals surface area contributed by atoms with Crippen molar-refractivity contribution in [3.8, 4) is 5.75 Å². The van der Waals surface area contributed by atoms with Gasteiger partial charge < -0.3 is 19.5 Å². The Morgan fingerprint density at radius 3 is 2.43 bits per heavy atom. The van der Waals surface area contributed by atoms with E-state index in [-0.39, 0.29) is 24.3 Å². The first kappa shape index (κ1) is 19.9. The van der Waals surface area contributed by atoms with E-state index in [1.54, 1.807) is 4.90 Å². The number of halogens is 3. The summed E-state index contributed by atoms with van der Waals surface area (Å²) in [7, 11) is 1.25. The van der Waals surface area contributed by atoms with Gasteiger partial charge in [-0.3, -0.25) is 0 Å². The topological polar surface area (TPSA) is 84.8 Å². The molecular formula is C18H18F3N3O4. The van der Waals surface area contributed by atoms with Gasteiger partial charge in [0.05, 0.1) is 37.4 Å². The molecule has 2 aromatic rings. The van der Waals surface area contributed by atoms with Gasteiger partial charge in [0.25, 0.3) is 0 Å². The zero-order valence-electron chi connectivity index (χ0n) is 14.9. The molecule has 1 saturated heterocycles. The van der Waals surface area contributed by atoms with Crippen LogP contribution in [0.25, 0.3) is 0 Å². The van der Waals surface area contributed by atoms with Gasteiger partial charge in [-0.1, -0.05) is 0 Å². The summed E-state index contributed by atoms with van der Waals surface area (Å²) in [4.78, 5) is 21.5. The van der Waals surface area contributed by atoms with Crippen molar-refractivity contribution in [2.45, 2.75) is 24.7 Å². The minimum atomic E-state index is -4.40. The lowest BCUT2D eigenvalue weighted by Crippen LogP contribution is -2.34. The van der Waals surface area contributed by atoms with Crippen molar-refractivity contribution in [3.05, 3.63) is 47.8 Å². The predicted molar refractivity (Wildman–Crippen MR) is 92.1 cm³/mol. The van der Waals surface area contributed by atoms with E-state index in [0.29, 0.717) is 24.7 Å². The summed E-state index contributed by atoms with van der Waals surface area (Å²) in [6.45, 7) is 0.165. The molecule has 1 aliphatic heterocycles. The number of aliphatic hydroxyl groups is 1. The van der Waals surface area contributed by atoms with Crippen LogP contribution in [0.5, 0.6) is 5.75 Å². The molecule has 150 valence electrons. The zero-order valence-corrected chi connectivity index (χ0v) is 14.9. The molecule has 1 fully saturated rings. The first-order chi connectivity index (χ1) is 13.3. The third kappa shape index (κ3) is 4.33. The maximum Gasteiger partial charge on any atom is 0.416 e. The zero-order chi connectivity index (χ0) is 20.3. The average molecular weight is 397 g/mol. The summed E-state index contributed by atoms with van der Waals surface area (Å²) in [5.41, 5.74) is -0.552. The fourth-order valence-electron chi connectivity index (χ4n) is 2.98. The second-order valence-electron chi connectivity index (χ2n) is 6.25. The van der Waals surface area contributed by atoms with Crippen molar-refractivity contribution >= 4 is 11.9 Å². The lowest BCUT2D eigenvalue weighted by Gasteiger charge is -2.22. The Morgan fingerprint density at radius 2 is 1.89 bits per heavy atom. The summed E-state index contributed by atoms with van der Waals surface area (Å²) in [6.07, 6.45) is -1.67. The van der Waals surface area contributed by atoms with Gasteiger partial charge in [0, 0.05) is 18.8 Å². The second kappa shape index (κ2) is 8.01. The van der Waals surface area contributed by atoms with E-state index in [1.807, 2.05) is 0 Å². The Morgan fingerprint density at radius 1 is 1.25 bits per heavy atom. The van der Waals surface area contributed by atoms with Gasteiger partial charge in [0.15, 0.2) is 0 Å². The van der Waals surface area contributed by atoms with E-state index in [1.165, 1.54) is 31.6 Å².